The van der Waals surface area contributed by atoms with Crippen molar-refractivity contribution in [1.29, 1.82) is 0 Å². The monoisotopic (exact) mass is 918 g/mol. The molecular formula is C50H52IrN3P. The summed E-state index contributed by atoms with van der Waals surface area (Å²) in [5.74, 6) is 1.34. The molecule has 281 valence electrons. The van der Waals surface area contributed by atoms with Crippen LogP contribution in [0.5, 0.6) is 0 Å². The van der Waals surface area contributed by atoms with E-state index in [1.165, 1.54) is 54.8 Å². The summed E-state index contributed by atoms with van der Waals surface area (Å²) in [6, 6.07) is 51.2. The largest absolute Gasteiger partial charge is 0.333 e. The molecule has 0 spiro atoms. The molecule has 5 heteroatoms. The minimum Gasteiger partial charge on any atom is -0.333 e. The van der Waals surface area contributed by atoms with Crippen LogP contribution in [-0.2, 0) is 25.3 Å². The molecule has 0 aliphatic heterocycles. The summed E-state index contributed by atoms with van der Waals surface area (Å²) in [6.07, 6.45) is 3.97. The summed E-state index contributed by atoms with van der Waals surface area (Å²) in [5, 5.41) is 6.38. The molecule has 8 aromatic rings. The Balaban J connectivity index is 0.000000196. The maximum atomic E-state index is 4.96. The number of imidazole rings is 1. The summed E-state index contributed by atoms with van der Waals surface area (Å²) in [4.78, 5) is 9.61. The molecule has 0 aliphatic rings. The fourth-order valence-corrected chi connectivity index (χ4v) is 11.1. The van der Waals surface area contributed by atoms with Crippen LogP contribution in [0.3, 0.4) is 0 Å². The second-order valence-electron chi connectivity index (χ2n) is 15.8. The molecule has 0 amide bonds. The maximum absolute atomic E-state index is 4.96. The Bertz CT molecular complexity index is 2440. The van der Waals surface area contributed by atoms with Gasteiger partial charge in [0.2, 0.25) is 0 Å². The zero-order valence-corrected chi connectivity index (χ0v) is 36.7. The number of hydrogen-bond acceptors (Lipinski definition) is 2. The van der Waals surface area contributed by atoms with Crippen molar-refractivity contribution >= 4 is 45.9 Å². The van der Waals surface area contributed by atoms with E-state index in [0.29, 0.717) is 17.8 Å². The fourth-order valence-electron chi connectivity index (χ4n) is 7.90. The van der Waals surface area contributed by atoms with Crippen LogP contribution in [-0.4, -0.2) is 14.4 Å². The first kappa shape index (κ1) is 40.2. The van der Waals surface area contributed by atoms with Crippen molar-refractivity contribution in [2.75, 3.05) is 0 Å². The third kappa shape index (κ3) is 7.97. The first-order chi connectivity index (χ1) is 26.1. The van der Waals surface area contributed by atoms with Gasteiger partial charge in [0.05, 0.1) is 35.6 Å². The van der Waals surface area contributed by atoms with Gasteiger partial charge in [-0.2, -0.15) is 0 Å². The third-order valence-electron chi connectivity index (χ3n) is 10.7. The third-order valence-corrected chi connectivity index (χ3v) is 14.0. The standard InChI is InChI=1S/C30H31N2.C20H20NP.Ir/c1-18(2)21-15-25(19(3)4)29(26(16-21)20(5)6)28-17-31-30-24-13-8-7-11-22(24)23-12-9-10-14-27(23)32(28)30;1-20(2,19-15-9-10-16-21-19)22(17-11-5-3-6-12-17)18-13-7-4-8-14-18;/h7-12,14-20H,1-6H3;3-16H,1-2H3;/q-1;;/p+1. The summed E-state index contributed by atoms with van der Waals surface area (Å²) < 4.78 is 2.36. The van der Waals surface area contributed by atoms with E-state index >= 15 is 0 Å². The fraction of sp³-hybridized carbons (Fsp3) is 0.240. The molecule has 0 aliphatic carbocycles. The number of hydrogen-bond donors (Lipinski definition) is 0. The van der Waals surface area contributed by atoms with Gasteiger partial charge in [-0.05, 0) is 96.1 Å². The van der Waals surface area contributed by atoms with Gasteiger partial charge in [-0.3, -0.25) is 9.97 Å². The number of pyridine rings is 2. The number of nitrogens with zero attached hydrogens (tertiary/aromatic N) is 3. The molecule has 3 aromatic heterocycles. The normalized spacial score (nSPS) is 11.8. The minimum absolute atomic E-state index is 0. The molecule has 0 unspecified atom stereocenters. The van der Waals surface area contributed by atoms with E-state index in [4.69, 9.17) is 4.98 Å². The van der Waals surface area contributed by atoms with Crippen LogP contribution >= 0.6 is 7.92 Å². The smallest absolute Gasteiger partial charge is 0.123 e. The Morgan fingerprint density at radius 2 is 1.18 bits per heavy atom. The van der Waals surface area contributed by atoms with E-state index in [0.717, 1.165) is 16.7 Å². The molecule has 0 N–H and O–H groups in total. The van der Waals surface area contributed by atoms with Crippen LogP contribution in [0.4, 0.5) is 0 Å². The van der Waals surface area contributed by atoms with Crippen LogP contribution in [0.1, 0.15) is 95.5 Å². The Morgan fingerprint density at radius 1 is 0.618 bits per heavy atom. The van der Waals surface area contributed by atoms with Crippen molar-refractivity contribution in [3.63, 3.8) is 0 Å². The Labute approximate surface area is 342 Å². The Morgan fingerprint density at radius 3 is 1.75 bits per heavy atom. The summed E-state index contributed by atoms with van der Waals surface area (Å²) in [6.45, 7) is 18.4. The average molecular weight is 918 g/mol. The second kappa shape index (κ2) is 17.1. The van der Waals surface area contributed by atoms with Gasteiger partial charge < -0.3 is 4.40 Å². The summed E-state index contributed by atoms with van der Waals surface area (Å²) in [7, 11) is -0.991. The molecule has 0 fully saturated rings. The minimum atomic E-state index is -0.991. The average Bonchev–Trinajstić information content (AvgIpc) is 3.64. The predicted octanol–water partition coefficient (Wildman–Crippen LogP) is 12.7. The molecule has 3 heterocycles. The number of rotatable bonds is 8. The topological polar surface area (TPSA) is 30.2 Å². The second-order valence-corrected chi connectivity index (χ2v) is 18.9. The van der Waals surface area contributed by atoms with Crippen molar-refractivity contribution in [1.82, 2.24) is 14.4 Å². The quantitative estimate of drug-likeness (QED) is 0.0864. The number of benzene rings is 5. The van der Waals surface area contributed by atoms with Crippen LogP contribution < -0.4 is 10.6 Å². The van der Waals surface area contributed by atoms with E-state index < -0.39 is 7.92 Å². The molecule has 0 bridgehead atoms. The van der Waals surface area contributed by atoms with Crippen molar-refractivity contribution in [3.05, 3.63) is 174 Å². The molecule has 1 radical (unpaired) electrons. The van der Waals surface area contributed by atoms with Gasteiger partial charge in [-0.25, -0.2) is 0 Å². The summed E-state index contributed by atoms with van der Waals surface area (Å²) >= 11 is 0. The maximum Gasteiger partial charge on any atom is 0.123 e. The first-order valence-electron chi connectivity index (χ1n) is 19.3. The van der Waals surface area contributed by atoms with Gasteiger partial charge in [-0.15, -0.1) is 29.7 Å². The zero-order valence-electron chi connectivity index (χ0n) is 33.3. The van der Waals surface area contributed by atoms with Gasteiger partial charge in [0.1, 0.15) is 5.16 Å². The van der Waals surface area contributed by atoms with Crippen LogP contribution in [0.25, 0.3) is 38.6 Å². The van der Waals surface area contributed by atoms with Gasteiger partial charge in [0.15, 0.2) is 0 Å². The van der Waals surface area contributed by atoms with E-state index in [1.807, 2.05) is 18.3 Å². The molecule has 0 atom stereocenters. The first-order valence-corrected chi connectivity index (χ1v) is 20.8. The number of aromatic nitrogens is 3. The summed E-state index contributed by atoms with van der Waals surface area (Å²) in [5.41, 5.74) is 10.1. The van der Waals surface area contributed by atoms with E-state index in [2.05, 4.69) is 198 Å². The predicted molar refractivity (Wildman–Crippen MR) is 234 cm³/mol. The van der Waals surface area contributed by atoms with Gasteiger partial charge in [0, 0.05) is 43.6 Å². The van der Waals surface area contributed by atoms with E-state index in [1.54, 1.807) is 0 Å². The molecule has 3 nitrogen and oxygen atoms in total. The van der Waals surface area contributed by atoms with Gasteiger partial charge in [0.25, 0.3) is 0 Å². The molecule has 55 heavy (non-hydrogen) atoms. The van der Waals surface area contributed by atoms with Gasteiger partial charge >= 0.3 is 0 Å². The Kier molecular flexibility index (Phi) is 12.5. The SMILES string of the molecule is CC(C)(c1ccccn1)[PH+](c1ccccc1)c1ccccc1.CC(C)c1cc(C(C)C)c(-c2cnc3c4[c-]cccc4c4ccccc4n23)c(C(C)C)c1.[Ir]. The van der Waals surface area contributed by atoms with Crippen molar-refractivity contribution in [2.45, 2.75) is 78.3 Å². The van der Waals surface area contributed by atoms with Crippen LogP contribution in [0, 0.1) is 6.07 Å². The molecule has 0 saturated heterocycles. The molecule has 8 rings (SSSR count). The van der Waals surface area contributed by atoms with E-state index in [-0.39, 0.29) is 25.3 Å². The number of fused-ring (bicyclic) bond motifs is 6. The van der Waals surface area contributed by atoms with E-state index in [9.17, 15) is 0 Å². The van der Waals surface area contributed by atoms with Crippen LogP contribution in [0.2, 0.25) is 0 Å². The number of para-hydroxylation sites is 1. The van der Waals surface area contributed by atoms with Crippen molar-refractivity contribution < 1.29 is 20.1 Å². The van der Waals surface area contributed by atoms with Crippen molar-refractivity contribution in [3.8, 4) is 11.3 Å². The molecule has 0 saturated carbocycles. The molecule has 5 aromatic carbocycles. The zero-order chi connectivity index (χ0) is 38.0. The van der Waals surface area contributed by atoms with Crippen molar-refractivity contribution in [2.24, 2.45) is 0 Å². The van der Waals surface area contributed by atoms with Crippen LogP contribution in [0.15, 0.2) is 146 Å². The van der Waals surface area contributed by atoms with Gasteiger partial charge in [-0.1, -0.05) is 120 Å². The Hall–Kier alpha value is -4.46. The molecular weight excluding hydrogens is 866 g/mol.